The summed E-state index contributed by atoms with van der Waals surface area (Å²) in [6.07, 6.45) is 4.27. The lowest BCUT2D eigenvalue weighted by Crippen LogP contribution is -2.10. The molecule has 0 heterocycles. The second-order valence-corrected chi connectivity index (χ2v) is 6.43. The highest BCUT2D eigenvalue weighted by atomic mass is 19.1. The molecule has 0 atom stereocenters. The van der Waals surface area contributed by atoms with Gasteiger partial charge in [-0.25, -0.2) is 8.78 Å². The molecule has 2 aromatic rings. The van der Waals surface area contributed by atoms with E-state index in [9.17, 15) is 8.78 Å². The first-order valence-electron chi connectivity index (χ1n) is 8.19. The monoisotopic (exact) mass is 308 g/mol. The van der Waals surface area contributed by atoms with Gasteiger partial charge < -0.3 is 0 Å². The zero-order chi connectivity index (χ0) is 16.2. The average molecular weight is 308 g/mol. The zero-order valence-corrected chi connectivity index (χ0v) is 13.3. The van der Waals surface area contributed by atoms with Crippen LogP contribution in [0, 0.1) is 23.5 Å². The van der Waals surface area contributed by atoms with Gasteiger partial charge >= 0.3 is 0 Å². The van der Waals surface area contributed by atoms with E-state index in [-0.39, 0.29) is 11.5 Å². The van der Waals surface area contributed by atoms with Crippen molar-refractivity contribution < 1.29 is 8.78 Å². The van der Waals surface area contributed by atoms with Crippen LogP contribution in [0.25, 0.3) is 0 Å². The van der Waals surface area contributed by atoms with Gasteiger partial charge in [0.15, 0.2) is 0 Å². The molecule has 23 heavy (non-hydrogen) atoms. The van der Waals surface area contributed by atoms with E-state index >= 15 is 0 Å². The largest absolute Gasteiger partial charge is 0.206 e. The molecule has 0 bridgehead atoms. The molecule has 1 fully saturated rings. The molecule has 116 valence electrons. The summed E-state index contributed by atoms with van der Waals surface area (Å²) in [5, 5.41) is 0. The Bertz CT molecular complexity index is 712. The van der Waals surface area contributed by atoms with Gasteiger partial charge in [0.05, 0.1) is 5.56 Å². The van der Waals surface area contributed by atoms with Crippen LogP contribution in [-0.2, 0) is 0 Å². The standard InChI is InChI=1S/C20H19BF2/c21-17-9-7-15(8-10-17)16-12-19(22)18(20(23)13-16)11-6-14-4-2-1-3-5-14/h1-5,12-13,15,17H,7-10,21H2. The third-order valence-corrected chi connectivity index (χ3v) is 4.66. The smallest absolute Gasteiger partial charge is 0.142 e. The number of benzene rings is 2. The molecule has 0 aromatic heterocycles. The molecule has 0 amide bonds. The summed E-state index contributed by atoms with van der Waals surface area (Å²) in [6, 6.07) is 12.2. The Balaban J connectivity index is 1.85. The van der Waals surface area contributed by atoms with Crippen molar-refractivity contribution in [2.75, 3.05) is 0 Å². The minimum atomic E-state index is -0.554. The fraction of sp³-hybridized carbons (Fsp3) is 0.300. The van der Waals surface area contributed by atoms with Crippen LogP contribution < -0.4 is 0 Å². The Morgan fingerprint density at radius 2 is 1.48 bits per heavy atom. The van der Waals surface area contributed by atoms with Crippen molar-refractivity contribution in [3.8, 4) is 11.8 Å². The number of hydrogen-bond donors (Lipinski definition) is 0. The summed E-state index contributed by atoms with van der Waals surface area (Å²) in [5.41, 5.74) is 1.38. The molecule has 0 aliphatic heterocycles. The first-order valence-corrected chi connectivity index (χ1v) is 8.19. The predicted molar refractivity (Wildman–Crippen MR) is 92.3 cm³/mol. The van der Waals surface area contributed by atoms with Gasteiger partial charge in [-0.3, -0.25) is 0 Å². The topological polar surface area (TPSA) is 0 Å². The van der Waals surface area contributed by atoms with Gasteiger partial charge in [0.1, 0.15) is 19.5 Å². The third kappa shape index (κ3) is 3.82. The van der Waals surface area contributed by atoms with Crippen molar-refractivity contribution in [2.45, 2.75) is 37.4 Å². The maximum Gasteiger partial charge on any atom is 0.142 e. The summed E-state index contributed by atoms with van der Waals surface area (Å²) in [6.45, 7) is 0. The van der Waals surface area contributed by atoms with E-state index in [1.54, 1.807) is 0 Å². The second kappa shape index (κ2) is 7.00. The third-order valence-electron chi connectivity index (χ3n) is 4.66. The van der Waals surface area contributed by atoms with Crippen LogP contribution in [0.3, 0.4) is 0 Å². The highest BCUT2D eigenvalue weighted by Gasteiger charge is 2.21. The molecule has 1 aliphatic rings. The summed E-state index contributed by atoms with van der Waals surface area (Å²) in [4.78, 5) is 0. The van der Waals surface area contributed by atoms with Crippen molar-refractivity contribution >= 4 is 7.85 Å². The summed E-state index contributed by atoms with van der Waals surface area (Å²) >= 11 is 0. The minimum absolute atomic E-state index is 0.137. The Morgan fingerprint density at radius 3 is 2.09 bits per heavy atom. The molecule has 0 unspecified atom stereocenters. The molecule has 3 rings (SSSR count). The molecule has 0 radical (unpaired) electrons. The van der Waals surface area contributed by atoms with Crippen molar-refractivity contribution in [2.24, 2.45) is 0 Å². The van der Waals surface area contributed by atoms with E-state index < -0.39 is 11.6 Å². The summed E-state index contributed by atoms with van der Waals surface area (Å²) in [7, 11) is 2.24. The van der Waals surface area contributed by atoms with E-state index in [2.05, 4.69) is 19.7 Å². The van der Waals surface area contributed by atoms with Crippen molar-refractivity contribution in [3.05, 3.63) is 70.8 Å². The zero-order valence-electron chi connectivity index (χ0n) is 13.3. The Hall–Kier alpha value is -2.08. The van der Waals surface area contributed by atoms with Crippen molar-refractivity contribution in [1.29, 1.82) is 0 Å². The van der Waals surface area contributed by atoms with Gasteiger partial charge in [-0.15, -0.1) is 0 Å². The Labute approximate surface area is 137 Å². The number of hydrogen-bond acceptors (Lipinski definition) is 0. The fourth-order valence-electron chi connectivity index (χ4n) is 3.20. The lowest BCUT2D eigenvalue weighted by molar-refractivity contribution is 0.439. The van der Waals surface area contributed by atoms with Crippen LogP contribution in [0.4, 0.5) is 8.78 Å². The van der Waals surface area contributed by atoms with E-state index in [0.717, 1.165) is 42.6 Å². The highest BCUT2D eigenvalue weighted by molar-refractivity contribution is 6.11. The SMILES string of the molecule is BC1CCC(c2cc(F)c(C#Cc3ccccc3)c(F)c2)CC1. The molecule has 0 spiro atoms. The van der Waals surface area contributed by atoms with Crippen molar-refractivity contribution in [3.63, 3.8) is 0 Å². The molecule has 3 heteroatoms. The highest BCUT2D eigenvalue weighted by Crippen LogP contribution is 2.37. The molecule has 2 aromatic carbocycles. The Kier molecular flexibility index (Phi) is 4.81. The minimum Gasteiger partial charge on any atom is -0.206 e. The normalized spacial score (nSPS) is 20.6. The predicted octanol–water partition coefficient (Wildman–Crippen LogP) is 4.44. The quantitative estimate of drug-likeness (QED) is 0.539. The number of halogens is 2. The number of rotatable bonds is 1. The maximum absolute atomic E-state index is 14.3. The Morgan fingerprint density at radius 1 is 0.870 bits per heavy atom. The fourth-order valence-corrected chi connectivity index (χ4v) is 3.20. The van der Waals surface area contributed by atoms with Crippen LogP contribution in [-0.4, -0.2) is 7.85 Å². The molecule has 1 aliphatic carbocycles. The van der Waals surface area contributed by atoms with Gasteiger partial charge in [-0.05, 0) is 48.6 Å². The average Bonchev–Trinajstić information content (AvgIpc) is 2.55. The van der Waals surface area contributed by atoms with E-state index in [4.69, 9.17) is 0 Å². The lowest BCUT2D eigenvalue weighted by Gasteiger charge is -2.26. The van der Waals surface area contributed by atoms with Crippen LogP contribution >= 0.6 is 0 Å². The first-order chi connectivity index (χ1) is 11.1. The molecule has 0 N–H and O–H groups in total. The summed E-state index contributed by atoms with van der Waals surface area (Å²) < 4.78 is 28.6. The molecular weight excluding hydrogens is 289 g/mol. The molecule has 0 nitrogen and oxygen atoms in total. The van der Waals surface area contributed by atoms with Crippen LogP contribution in [0.2, 0.25) is 5.82 Å². The van der Waals surface area contributed by atoms with E-state index in [1.807, 2.05) is 30.3 Å². The first kappa shape index (κ1) is 15.8. The van der Waals surface area contributed by atoms with E-state index in [1.165, 1.54) is 12.1 Å². The molecule has 1 saturated carbocycles. The van der Waals surface area contributed by atoms with Crippen molar-refractivity contribution in [1.82, 2.24) is 0 Å². The van der Waals surface area contributed by atoms with E-state index in [0.29, 0.717) is 0 Å². The van der Waals surface area contributed by atoms with Gasteiger partial charge in [-0.1, -0.05) is 48.7 Å². The van der Waals surface area contributed by atoms with Crippen LogP contribution in [0.15, 0.2) is 42.5 Å². The lowest BCUT2D eigenvalue weighted by atomic mass is 9.70. The second-order valence-electron chi connectivity index (χ2n) is 6.43. The molecule has 0 saturated heterocycles. The van der Waals surface area contributed by atoms with Crippen LogP contribution in [0.1, 0.15) is 48.3 Å². The molecular formula is C20H19BF2. The van der Waals surface area contributed by atoms with Gasteiger partial charge in [0.2, 0.25) is 0 Å². The van der Waals surface area contributed by atoms with Gasteiger partial charge in [-0.2, -0.15) is 0 Å². The van der Waals surface area contributed by atoms with Crippen LogP contribution in [0.5, 0.6) is 0 Å². The summed E-state index contributed by atoms with van der Waals surface area (Å²) in [5.74, 6) is 5.33. The van der Waals surface area contributed by atoms with Gasteiger partial charge in [0.25, 0.3) is 0 Å². The maximum atomic E-state index is 14.3. The van der Waals surface area contributed by atoms with Gasteiger partial charge in [0, 0.05) is 5.56 Å².